The molecular weight excluding hydrogens is 292 g/mol. The Kier molecular flexibility index (Phi) is 8.50. The summed E-state index contributed by atoms with van der Waals surface area (Å²) in [6.07, 6.45) is 2.34. The average molecular weight is 315 g/mol. The Morgan fingerprint density at radius 2 is 2.10 bits per heavy atom. The third-order valence-corrected chi connectivity index (χ3v) is 2.91. The van der Waals surface area contributed by atoms with Gasteiger partial charge in [0.25, 0.3) is 5.91 Å². The number of hydrogen-bond acceptors (Lipinski definition) is 4. The predicted octanol–water partition coefficient (Wildman–Crippen LogP) is 1.93. The summed E-state index contributed by atoms with van der Waals surface area (Å²) in [7, 11) is 3.11. The second kappa shape index (κ2) is 9.26. The number of nitrogens with two attached hydrogens (primary N) is 1. The molecule has 0 saturated carbocycles. The quantitative estimate of drug-likeness (QED) is 0.754. The van der Waals surface area contributed by atoms with E-state index in [0.29, 0.717) is 30.0 Å². The Balaban J connectivity index is 0.00000400. The molecule has 0 aliphatic rings. The molecule has 0 aliphatic heterocycles. The van der Waals surface area contributed by atoms with Crippen molar-refractivity contribution in [1.29, 1.82) is 0 Å². The molecule has 1 aromatic carbocycles. The Hall–Kier alpha value is -1.72. The van der Waals surface area contributed by atoms with Crippen molar-refractivity contribution >= 4 is 18.3 Å². The van der Waals surface area contributed by atoms with Crippen LogP contribution in [0.5, 0.6) is 11.5 Å². The molecule has 0 aliphatic carbocycles. The molecule has 0 heterocycles. The lowest BCUT2D eigenvalue weighted by Crippen LogP contribution is -2.37. The van der Waals surface area contributed by atoms with Crippen LogP contribution < -0.4 is 20.5 Å². The molecule has 1 aromatic rings. The van der Waals surface area contributed by atoms with E-state index in [1.807, 2.05) is 6.92 Å². The van der Waals surface area contributed by atoms with Gasteiger partial charge in [-0.3, -0.25) is 4.79 Å². The fourth-order valence-electron chi connectivity index (χ4n) is 1.85. The van der Waals surface area contributed by atoms with Crippen molar-refractivity contribution in [1.82, 2.24) is 5.32 Å². The summed E-state index contributed by atoms with van der Waals surface area (Å²) in [6, 6.07) is 3.35. The topological polar surface area (TPSA) is 73.6 Å². The van der Waals surface area contributed by atoms with Gasteiger partial charge in [0, 0.05) is 23.7 Å². The number of nitrogens with one attached hydrogen (secondary N) is 1. The molecule has 118 valence electrons. The van der Waals surface area contributed by atoms with Gasteiger partial charge >= 0.3 is 0 Å². The highest BCUT2D eigenvalue weighted by Crippen LogP contribution is 2.33. The van der Waals surface area contributed by atoms with Crippen molar-refractivity contribution in [2.24, 2.45) is 5.73 Å². The van der Waals surface area contributed by atoms with Crippen LogP contribution in [-0.2, 0) is 6.42 Å². The fraction of sp³-hybridized carbons (Fsp3) is 0.400. The van der Waals surface area contributed by atoms with Gasteiger partial charge in [-0.15, -0.1) is 19.0 Å². The van der Waals surface area contributed by atoms with E-state index in [4.69, 9.17) is 15.2 Å². The molecule has 0 spiro atoms. The molecule has 6 heteroatoms. The van der Waals surface area contributed by atoms with Crippen LogP contribution in [0.4, 0.5) is 0 Å². The minimum atomic E-state index is -0.186. The fourth-order valence-corrected chi connectivity index (χ4v) is 1.85. The second-order valence-electron chi connectivity index (χ2n) is 4.47. The van der Waals surface area contributed by atoms with E-state index < -0.39 is 0 Å². The lowest BCUT2D eigenvalue weighted by Gasteiger charge is -2.16. The standard InChI is InChI=1S/C15H22N2O3.ClH/c1-5-6-11-7-12(15(18)17-10(2)9-16)8-13(19-3)14(11)20-4;/h5,7-8,10H,1,6,9,16H2,2-4H3,(H,17,18);1H/t10-;/m0./s1. The maximum atomic E-state index is 12.1. The highest BCUT2D eigenvalue weighted by atomic mass is 35.5. The number of carbonyl (C=O) groups excluding carboxylic acids is 1. The number of benzene rings is 1. The monoisotopic (exact) mass is 314 g/mol. The first-order valence-corrected chi connectivity index (χ1v) is 6.44. The Morgan fingerprint density at radius 1 is 1.43 bits per heavy atom. The molecule has 0 fully saturated rings. The van der Waals surface area contributed by atoms with E-state index in [9.17, 15) is 4.79 Å². The van der Waals surface area contributed by atoms with Crippen molar-refractivity contribution in [3.8, 4) is 11.5 Å². The maximum absolute atomic E-state index is 12.1. The van der Waals surface area contributed by atoms with E-state index in [1.54, 1.807) is 32.4 Å². The first-order chi connectivity index (χ1) is 9.57. The summed E-state index contributed by atoms with van der Waals surface area (Å²) in [4.78, 5) is 12.1. The number of amides is 1. The average Bonchev–Trinajstić information content (AvgIpc) is 2.46. The van der Waals surface area contributed by atoms with Gasteiger partial charge in [0.1, 0.15) is 0 Å². The summed E-state index contributed by atoms with van der Waals surface area (Å²) in [5.74, 6) is 0.961. The summed E-state index contributed by atoms with van der Waals surface area (Å²) in [6.45, 7) is 5.95. The molecule has 0 bridgehead atoms. The van der Waals surface area contributed by atoms with Crippen molar-refractivity contribution < 1.29 is 14.3 Å². The van der Waals surface area contributed by atoms with Crippen LogP contribution in [0.25, 0.3) is 0 Å². The minimum absolute atomic E-state index is 0. The Labute approximate surface area is 131 Å². The zero-order valence-corrected chi connectivity index (χ0v) is 13.5. The lowest BCUT2D eigenvalue weighted by atomic mass is 10.0. The Morgan fingerprint density at radius 3 is 2.57 bits per heavy atom. The van der Waals surface area contributed by atoms with Crippen LogP contribution >= 0.6 is 12.4 Å². The summed E-state index contributed by atoms with van der Waals surface area (Å²) >= 11 is 0. The minimum Gasteiger partial charge on any atom is -0.493 e. The number of methoxy groups -OCH3 is 2. The van der Waals surface area contributed by atoms with E-state index in [1.165, 1.54) is 0 Å². The third-order valence-electron chi connectivity index (χ3n) is 2.91. The molecule has 1 atom stereocenters. The normalized spacial score (nSPS) is 11.0. The molecule has 1 rings (SSSR count). The molecular formula is C15H23ClN2O3. The number of hydrogen-bond donors (Lipinski definition) is 2. The van der Waals surface area contributed by atoms with Gasteiger partial charge in [-0.25, -0.2) is 0 Å². The lowest BCUT2D eigenvalue weighted by molar-refractivity contribution is 0.0940. The van der Waals surface area contributed by atoms with Crippen LogP contribution in [-0.4, -0.2) is 32.7 Å². The molecule has 0 saturated heterocycles. The molecule has 5 nitrogen and oxygen atoms in total. The first-order valence-electron chi connectivity index (χ1n) is 6.44. The van der Waals surface area contributed by atoms with Crippen LogP contribution in [0.15, 0.2) is 24.8 Å². The van der Waals surface area contributed by atoms with Crippen molar-refractivity contribution in [2.75, 3.05) is 20.8 Å². The number of allylic oxidation sites excluding steroid dienone is 1. The molecule has 1 amide bonds. The largest absolute Gasteiger partial charge is 0.493 e. The number of halogens is 1. The third kappa shape index (κ3) is 4.95. The highest BCUT2D eigenvalue weighted by Gasteiger charge is 2.16. The number of carbonyl (C=O) groups is 1. The summed E-state index contributed by atoms with van der Waals surface area (Å²) in [5, 5.41) is 2.82. The van der Waals surface area contributed by atoms with Crippen LogP contribution in [0.1, 0.15) is 22.8 Å². The van der Waals surface area contributed by atoms with E-state index in [2.05, 4.69) is 11.9 Å². The molecule has 0 aromatic heterocycles. The van der Waals surface area contributed by atoms with Gasteiger partial charge in [0.2, 0.25) is 0 Å². The first kappa shape index (κ1) is 19.3. The summed E-state index contributed by atoms with van der Waals surface area (Å²) < 4.78 is 10.6. The van der Waals surface area contributed by atoms with E-state index >= 15 is 0 Å². The SMILES string of the molecule is C=CCc1cc(C(=O)N[C@@H](C)CN)cc(OC)c1OC.Cl. The highest BCUT2D eigenvalue weighted by molar-refractivity contribution is 5.95. The second-order valence-corrected chi connectivity index (χ2v) is 4.47. The zero-order valence-electron chi connectivity index (χ0n) is 12.6. The van der Waals surface area contributed by atoms with Crippen molar-refractivity contribution in [3.05, 3.63) is 35.9 Å². The van der Waals surface area contributed by atoms with Crippen molar-refractivity contribution in [3.63, 3.8) is 0 Å². The van der Waals surface area contributed by atoms with Crippen LogP contribution in [0.2, 0.25) is 0 Å². The van der Waals surface area contributed by atoms with Crippen molar-refractivity contribution in [2.45, 2.75) is 19.4 Å². The molecule has 0 radical (unpaired) electrons. The van der Waals surface area contributed by atoms with Crippen LogP contribution in [0, 0.1) is 0 Å². The van der Waals surface area contributed by atoms with Crippen LogP contribution in [0.3, 0.4) is 0 Å². The van der Waals surface area contributed by atoms with Gasteiger partial charge < -0.3 is 20.5 Å². The smallest absolute Gasteiger partial charge is 0.251 e. The molecule has 21 heavy (non-hydrogen) atoms. The van der Waals surface area contributed by atoms with Gasteiger partial charge in [-0.1, -0.05) is 6.08 Å². The van der Waals surface area contributed by atoms with Gasteiger partial charge in [-0.2, -0.15) is 0 Å². The van der Waals surface area contributed by atoms with Gasteiger partial charge in [-0.05, 0) is 25.5 Å². The summed E-state index contributed by atoms with van der Waals surface area (Å²) in [5.41, 5.74) is 6.87. The van der Waals surface area contributed by atoms with Gasteiger partial charge in [0.05, 0.1) is 14.2 Å². The predicted molar refractivity (Wildman–Crippen MR) is 86.7 cm³/mol. The van der Waals surface area contributed by atoms with E-state index in [0.717, 1.165) is 5.56 Å². The maximum Gasteiger partial charge on any atom is 0.251 e. The van der Waals surface area contributed by atoms with Gasteiger partial charge in [0.15, 0.2) is 11.5 Å². The number of ether oxygens (including phenoxy) is 2. The molecule has 0 unspecified atom stereocenters. The van der Waals surface area contributed by atoms with E-state index in [-0.39, 0.29) is 24.4 Å². The number of rotatable bonds is 7. The zero-order chi connectivity index (χ0) is 15.1. The Bertz CT molecular complexity index is 492. The molecule has 3 N–H and O–H groups in total.